The van der Waals surface area contributed by atoms with Crippen molar-refractivity contribution in [1.29, 1.82) is 0 Å². The minimum absolute atomic E-state index is 0.436. The van der Waals surface area contributed by atoms with Gasteiger partial charge in [-0.2, -0.15) is 0 Å². The van der Waals surface area contributed by atoms with Crippen LogP contribution in [-0.2, 0) is 0 Å². The fourth-order valence-electron chi connectivity index (χ4n) is 4.92. The van der Waals surface area contributed by atoms with Crippen molar-refractivity contribution in [3.05, 3.63) is 35.4 Å². The Morgan fingerprint density at radius 2 is 1.80 bits per heavy atom. The van der Waals surface area contributed by atoms with E-state index < -0.39 is 0 Å². The second kappa shape index (κ2) is 4.59. The van der Waals surface area contributed by atoms with Crippen molar-refractivity contribution in [3.63, 3.8) is 0 Å². The van der Waals surface area contributed by atoms with Crippen molar-refractivity contribution in [2.75, 3.05) is 0 Å². The first-order chi connectivity index (χ1) is 9.33. The number of benzene rings is 1. The van der Waals surface area contributed by atoms with E-state index in [0.29, 0.717) is 22.9 Å². The van der Waals surface area contributed by atoms with Gasteiger partial charge in [-0.25, -0.2) is 0 Å². The van der Waals surface area contributed by atoms with E-state index in [1.807, 2.05) is 0 Å². The minimum atomic E-state index is 0.436. The summed E-state index contributed by atoms with van der Waals surface area (Å²) in [6.45, 7) is 11.9. The van der Waals surface area contributed by atoms with Crippen molar-refractivity contribution in [2.45, 2.75) is 66.0 Å². The second-order valence-electron chi connectivity index (χ2n) is 8.15. The molecule has 2 aliphatic rings. The van der Waals surface area contributed by atoms with Gasteiger partial charge in [0, 0.05) is 12.1 Å². The topological polar surface area (TPSA) is 12.0 Å². The van der Waals surface area contributed by atoms with Crippen molar-refractivity contribution >= 4 is 0 Å². The molecule has 2 fully saturated rings. The third-order valence-electron chi connectivity index (χ3n) is 6.26. The second-order valence-corrected chi connectivity index (χ2v) is 8.15. The zero-order valence-corrected chi connectivity index (χ0v) is 13.7. The lowest BCUT2D eigenvalue weighted by atomic mass is 9.68. The number of hydrogen-bond acceptors (Lipinski definition) is 1. The highest BCUT2D eigenvalue weighted by molar-refractivity contribution is 5.24. The van der Waals surface area contributed by atoms with Gasteiger partial charge in [0.25, 0.3) is 0 Å². The molecule has 20 heavy (non-hydrogen) atoms. The van der Waals surface area contributed by atoms with Crippen molar-refractivity contribution in [2.24, 2.45) is 16.7 Å². The van der Waals surface area contributed by atoms with Crippen LogP contribution in [-0.4, -0.2) is 6.04 Å². The maximum absolute atomic E-state index is 3.98. The highest BCUT2D eigenvalue weighted by atomic mass is 15.0. The van der Waals surface area contributed by atoms with E-state index in [2.05, 4.69) is 64.2 Å². The van der Waals surface area contributed by atoms with E-state index in [4.69, 9.17) is 0 Å². The fraction of sp³-hybridized carbons (Fsp3) is 0.684. The van der Waals surface area contributed by atoms with Crippen LogP contribution in [0.5, 0.6) is 0 Å². The molecule has 0 heterocycles. The van der Waals surface area contributed by atoms with Crippen LogP contribution in [0.3, 0.4) is 0 Å². The van der Waals surface area contributed by atoms with Gasteiger partial charge in [0.15, 0.2) is 0 Å². The predicted molar refractivity (Wildman–Crippen MR) is 85.7 cm³/mol. The molecular formula is C19H29N. The first-order valence-corrected chi connectivity index (χ1v) is 8.15. The zero-order chi connectivity index (χ0) is 14.5. The molecular weight excluding hydrogens is 242 g/mol. The first kappa shape index (κ1) is 14.1. The van der Waals surface area contributed by atoms with Crippen LogP contribution in [0.15, 0.2) is 24.3 Å². The van der Waals surface area contributed by atoms with E-state index in [1.54, 1.807) is 0 Å². The number of fused-ring (bicyclic) bond motifs is 2. The summed E-state index contributed by atoms with van der Waals surface area (Å²) in [7, 11) is 0. The van der Waals surface area contributed by atoms with Gasteiger partial charge >= 0.3 is 0 Å². The van der Waals surface area contributed by atoms with E-state index in [1.165, 1.54) is 30.4 Å². The summed E-state index contributed by atoms with van der Waals surface area (Å²) in [5, 5.41) is 3.98. The van der Waals surface area contributed by atoms with Crippen LogP contribution in [0.4, 0.5) is 0 Å². The molecule has 2 unspecified atom stereocenters. The van der Waals surface area contributed by atoms with Gasteiger partial charge in [-0.3, -0.25) is 0 Å². The lowest BCUT2D eigenvalue weighted by Gasteiger charge is -2.44. The van der Waals surface area contributed by atoms with Crippen LogP contribution in [0.1, 0.15) is 64.1 Å². The van der Waals surface area contributed by atoms with E-state index in [0.717, 1.165) is 5.92 Å². The zero-order valence-electron chi connectivity index (χ0n) is 13.7. The van der Waals surface area contributed by atoms with Crippen LogP contribution in [0.2, 0.25) is 0 Å². The quantitative estimate of drug-likeness (QED) is 0.827. The Kier molecular flexibility index (Phi) is 3.25. The van der Waals surface area contributed by atoms with Gasteiger partial charge in [-0.05, 0) is 55.4 Å². The molecule has 0 amide bonds. The van der Waals surface area contributed by atoms with Gasteiger partial charge in [-0.15, -0.1) is 0 Å². The van der Waals surface area contributed by atoms with Gasteiger partial charge < -0.3 is 5.32 Å². The number of nitrogens with one attached hydrogen (secondary N) is 1. The molecule has 1 heteroatoms. The molecule has 0 radical (unpaired) electrons. The monoisotopic (exact) mass is 271 g/mol. The molecule has 2 aliphatic carbocycles. The molecule has 0 spiro atoms. The van der Waals surface area contributed by atoms with Crippen LogP contribution in [0.25, 0.3) is 0 Å². The average molecular weight is 271 g/mol. The summed E-state index contributed by atoms with van der Waals surface area (Å²) >= 11 is 0. The minimum Gasteiger partial charge on any atom is -0.306 e. The summed E-state index contributed by atoms with van der Waals surface area (Å²) in [5.41, 5.74) is 3.70. The van der Waals surface area contributed by atoms with E-state index in [-0.39, 0.29) is 0 Å². The predicted octanol–water partition coefficient (Wildman–Crippen LogP) is 4.86. The Bertz CT molecular complexity index is 482. The van der Waals surface area contributed by atoms with E-state index in [9.17, 15) is 0 Å². The molecule has 0 aliphatic heterocycles. The molecule has 1 nitrogen and oxygen atoms in total. The molecule has 110 valence electrons. The number of rotatable bonds is 3. The third-order valence-corrected chi connectivity index (χ3v) is 6.26. The fourth-order valence-corrected chi connectivity index (χ4v) is 4.92. The standard InChI is InChI=1S/C19H29N/c1-13-6-8-15(9-7-13)14(2)20-17-18(3,4)16-10-11-19(17,5)12-16/h6-9,14,16-17,20H,10-12H2,1-5H3/t14?,16-,17?,19+/m0/s1. The van der Waals surface area contributed by atoms with Crippen molar-refractivity contribution < 1.29 is 0 Å². The summed E-state index contributed by atoms with van der Waals surface area (Å²) in [6.07, 6.45) is 4.25. The Morgan fingerprint density at radius 1 is 1.15 bits per heavy atom. The summed E-state index contributed by atoms with van der Waals surface area (Å²) in [5.74, 6) is 0.912. The molecule has 2 bridgehead atoms. The van der Waals surface area contributed by atoms with Crippen LogP contribution >= 0.6 is 0 Å². The lowest BCUT2D eigenvalue weighted by molar-refractivity contribution is 0.100. The Hall–Kier alpha value is -0.820. The molecule has 3 rings (SSSR count). The summed E-state index contributed by atoms with van der Waals surface area (Å²) in [6, 6.07) is 10.1. The van der Waals surface area contributed by atoms with Crippen LogP contribution in [0, 0.1) is 23.7 Å². The number of aryl methyl sites for hydroxylation is 1. The van der Waals surface area contributed by atoms with Crippen LogP contribution < -0.4 is 5.32 Å². The van der Waals surface area contributed by atoms with E-state index >= 15 is 0 Å². The largest absolute Gasteiger partial charge is 0.306 e. The Labute approximate surface area is 124 Å². The lowest BCUT2D eigenvalue weighted by Crippen LogP contribution is -2.50. The maximum atomic E-state index is 3.98. The molecule has 2 saturated carbocycles. The molecule has 0 aromatic heterocycles. The average Bonchev–Trinajstić information content (AvgIpc) is 2.86. The first-order valence-electron chi connectivity index (χ1n) is 8.15. The Morgan fingerprint density at radius 3 is 2.35 bits per heavy atom. The van der Waals surface area contributed by atoms with Crippen molar-refractivity contribution in [1.82, 2.24) is 5.32 Å². The maximum Gasteiger partial charge on any atom is 0.0294 e. The smallest absolute Gasteiger partial charge is 0.0294 e. The molecule has 1 aromatic rings. The van der Waals surface area contributed by atoms with Gasteiger partial charge in [0.1, 0.15) is 0 Å². The third kappa shape index (κ3) is 2.11. The summed E-state index contributed by atoms with van der Waals surface area (Å²) < 4.78 is 0. The Balaban J connectivity index is 1.78. The molecule has 1 aromatic carbocycles. The highest BCUT2D eigenvalue weighted by Crippen LogP contribution is 2.62. The molecule has 1 N–H and O–H groups in total. The SMILES string of the molecule is Cc1ccc(C(C)NC2C(C)(C)[C@H]3CC[C@]2(C)C3)cc1. The summed E-state index contributed by atoms with van der Waals surface area (Å²) in [4.78, 5) is 0. The molecule has 4 atom stereocenters. The van der Waals surface area contributed by atoms with Gasteiger partial charge in [0.2, 0.25) is 0 Å². The normalized spacial score (nSPS) is 36.2. The van der Waals surface area contributed by atoms with Gasteiger partial charge in [0.05, 0.1) is 0 Å². The number of hydrogen-bond donors (Lipinski definition) is 1. The van der Waals surface area contributed by atoms with Gasteiger partial charge in [-0.1, -0.05) is 50.6 Å². The highest BCUT2D eigenvalue weighted by Gasteiger charge is 2.59. The van der Waals surface area contributed by atoms with Crippen molar-refractivity contribution in [3.8, 4) is 0 Å². The molecule has 0 saturated heterocycles.